The summed E-state index contributed by atoms with van der Waals surface area (Å²) < 4.78 is 0. The largest absolute Gasteiger partial charge is 0.399 e. The minimum absolute atomic E-state index is 0.591. The first kappa shape index (κ1) is 12.0. The van der Waals surface area contributed by atoms with Crippen LogP contribution in [0, 0.1) is 0 Å². The van der Waals surface area contributed by atoms with Gasteiger partial charge in [-0.15, -0.1) is 0 Å². The first-order chi connectivity index (χ1) is 6.27. The molecule has 0 saturated carbocycles. The van der Waals surface area contributed by atoms with E-state index in [1.54, 1.807) is 0 Å². The van der Waals surface area contributed by atoms with Crippen LogP contribution >= 0.6 is 0 Å². The Balaban J connectivity index is 0.000000671. The molecule has 1 rings (SSSR count). The molecule has 0 amide bonds. The molecule has 0 aliphatic rings. The van der Waals surface area contributed by atoms with Crippen LogP contribution in [0.1, 0.15) is 31.9 Å². The Morgan fingerprint density at radius 2 is 1.85 bits per heavy atom. The van der Waals surface area contributed by atoms with Gasteiger partial charge >= 0.3 is 0 Å². The predicted molar refractivity (Wildman–Crippen MR) is 59.5 cm³/mol. The molecule has 1 aromatic rings. The van der Waals surface area contributed by atoms with Crippen LogP contribution in [0.15, 0.2) is 18.2 Å². The van der Waals surface area contributed by atoms with Gasteiger partial charge in [-0.2, -0.15) is 0 Å². The van der Waals surface area contributed by atoms with Crippen LogP contribution in [0.2, 0.25) is 0 Å². The lowest BCUT2D eigenvalue weighted by molar-refractivity contribution is 1.05. The van der Waals surface area contributed by atoms with E-state index in [1.165, 1.54) is 5.56 Å². The Kier molecular flexibility index (Phi) is 5.98. The highest BCUT2D eigenvalue weighted by atomic mass is 14.6. The van der Waals surface area contributed by atoms with Crippen LogP contribution in [0.3, 0.4) is 0 Å². The smallest absolute Gasteiger partial charge is 0.0346 e. The molecule has 0 aromatic heterocycles. The lowest BCUT2D eigenvalue weighted by atomic mass is 10.1. The summed E-state index contributed by atoms with van der Waals surface area (Å²) in [4.78, 5) is 0. The predicted octanol–water partition coefficient (Wildman–Crippen LogP) is 2.32. The summed E-state index contributed by atoms with van der Waals surface area (Å²) in [7, 11) is 0. The second-order valence-corrected chi connectivity index (χ2v) is 2.59. The van der Waals surface area contributed by atoms with Gasteiger partial charge in [-0.1, -0.05) is 32.9 Å². The Bertz CT molecular complexity index is 244. The zero-order valence-corrected chi connectivity index (χ0v) is 8.80. The van der Waals surface area contributed by atoms with E-state index in [2.05, 4.69) is 13.0 Å². The number of nitrogens with two attached hydrogens (primary N) is 2. The van der Waals surface area contributed by atoms with Crippen molar-refractivity contribution in [2.75, 3.05) is 5.73 Å². The molecule has 13 heavy (non-hydrogen) atoms. The van der Waals surface area contributed by atoms with Gasteiger partial charge in [0, 0.05) is 12.2 Å². The van der Waals surface area contributed by atoms with E-state index >= 15 is 0 Å². The van der Waals surface area contributed by atoms with Gasteiger partial charge < -0.3 is 11.5 Å². The first-order valence-electron chi connectivity index (χ1n) is 4.85. The molecule has 0 aliphatic heterocycles. The highest BCUT2D eigenvalue weighted by Gasteiger charge is 1.96. The molecule has 0 aliphatic carbocycles. The number of rotatable bonds is 2. The molecule has 0 atom stereocenters. The molecular formula is C11H20N2. The second kappa shape index (κ2) is 6.49. The van der Waals surface area contributed by atoms with Crippen molar-refractivity contribution in [1.29, 1.82) is 0 Å². The molecule has 2 heteroatoms. The highest BCUT2D eigenvalue weighted by molar-refractivity contribution is 5.48. The zero-order chi connectivity index (χ0) is 10.3. The summed E-state index contributed by atoms with van der Waals surface area (Å²) in [5.41, 5.74) is 14.4. The second-order valence-electron chi connectivity index (χ2n) is 2.59. The van der Waals surface area contributed by atoms with E-state index < -0.39 is 0 Å². The van der Waals surface area contributed by atoms with Gasteiger partial charge in [0.05, 0.1) is 0 Å². The van der Waals surface area contributed by atoms with Crippen molar-refractivity contribution >= 4 is 5.69 Å². The quantitative estimate of drug-likeness (QED) is 0.686. The van der Waals surface area contributed by atoms with E-state index in [0.717, 1.165) is 17.7 Å². The fraction of sp³-hybridized carbons (Fsp3) is 0.455. The molecule has 0 heterocycles. The van der Waals surface area contributed by atoms with Crippen LogP contribution in [0.4, 0.5) is 5.69 Å². The third kappa shape index (κ3) is 3.47. The molecular weight excluding hydrogens is 160 g/mol. The van der Waals surface area contributed by atoms with Crippen LogP contribution in [-0.2, 0) is 13.0 Å². The maximum Gasteiger partial charge on any atom is 0.0346 e. The maximum absolute atomic E-state index is 5.71. The Morgan fingerprint density at radius 1 is 1.23 bits per heavy atom. The van der Waals surface area contributed by atoms with E-state index in [-0.39, 0.29) is 0 Å². The van der Waals surface area contributed by atoms with E-state index in [1.807, 2.05) is 26.0 Å². The van der Waals surface area contributed by atoms with Crippen molar-refractivity contribution in [3.63, 3.8) is 0 Å². The number of benzene rings is 1. The summed E-state index contributed by atoms with van der Waals surface area (Å²) >= 11 is 0. The Labute approximate surface area is 80.9 Å². The first-order valence-corrected chi connectivity index (χ1v) is 4.85. The normalized spacial score (nSPS) is 8.92. The molecule has 2 nitrogen and oxygen atoms in total. The molecule has 4 N–H and O–H groups in total. The van der Waals surface area contributed by atoms with Gasteiger partial charge in [0.1, 0.15) is 0 Å². The summed E-state index contributed by atoms with van der Waals surface area (Å²) in [5.74, 6) is 0. The molecule has 0 radical (unpaired) electrons. The molecule has 1 aromatic carbocycles. The van der Waals surface area contributed by atoms with Crippen LogP contribution in [-0.4, -0.2) is 0 Å². The summed E-state index contributed by atoms with van der Waals surface area (Å²) in [6.07, 6.45) is 0.972. The lowest BCUT2D eigenvalue weighted by Gasteiger charge is -2.04. The fourth-order valence-corrected chi connectivity index (χ4v) is 1.09. The van der Waals surface area contributed by atoms with Gasteiger partial charge in [-0.3, -0.25) is 0 Å². The number of hydrogen-bond acceptors (Lipinski definition) is 2. The number of anilines is 1. The van der Waals surface area contributed by atoms with Crippen molar-refractivity contribution in [2.45, 2.75) is 33.7 Å². The monoisotopic (exact) mass is 180 g/mol. The minimum atomic E-state index is 0.591. The third-order valence-electron chi connectivity index (χ3n) is 1.82. The molecule has 74 valence electrons. The van der Waals surface area contributed by atoms with E-state index in [0.29, 0.717) is 6.54 Å². The number of nitrogen functional groups attached to an aromatic ring is 1. The SMILES string of the molecule is CC.CCc1cc(CN)ccc1N. The molecule has 0 saturated heterocycles. The van der Waals surface area contributed by atoms with Gasteiger partial charge in [-0.05, 0) is 23.6 Å². The number of aryl methyl sites for hydroxylation is 1. The lowest BCUT2D eigenvalue weighted by Crippen LogP contribution is -1.99. The average molecular weight is 180 g/mol. The van der Waals surface area contributed by atoms with E-state index in [4.69, 9.17) is 11.5 Å². The topological polar surface area (TPSA) is 52.0 Å². The highest BCUT2D eigenvalue weighted by Crippen LogP contribution is 2.13. The molecule has 0 unspecified atom stereocenters. The Morgan fingerprint density at radius 3 is 2.31 bits per heavy atom. The van der Waals surface area contributed by atoms with Gasteiger partial charge in [-0.25, -0.2) is 0 Å². The van der Waals surface area contributed by atoms with Gasteiger partial charge in [0.25, 0.3) is 0 Å². The summed E-state index contributed by atoms with van der Waals surface area (Å²) in [6.45, 7) is 6.68. The zero-order valence-electron chi connectivity index (χ0n) is 8.80. The summed E-state index contributed by atoms with van der Waals surface area (Å²) in [5, 5.41) is 0. The molecule has 0 fully saturated rings. The van der Waals surface area contributed by atoms with Crippen LogP contribution < -0.4 is 11.5 Å². The van der Waals surface area contributed by atoms with Crippen molar-refractivity contribution in [2.24, 2.45) is 5.73 Å². The molecule has 0 spiro atoms. The standard InChI is InChI=1S/C9H14N2.C2H6/c1-2-8-5-7(6-10)3-4-9(8)11;1-2/h3-5H,2,6,10-11H2,1H3;1-2H3. The average Bonchev–Trinajstić information content (AvgIpc) is 2.22. The Hall–Kier alpha value is -1.02. The van der Waals surface area contributed by atoms with Crippen LogP contribution in [0.25, 0.3) is 0 Å². The minimum Gasteiger partial charge on any atom is -0.399 e. The van der Waals surface area contributed by atoms with Crippen molar-refractivity contribution < 1.29 is 0 Å². The van der Waals surface area contributed by atoms with E-state index in [9.17, 15) is 0 Å². The van der Waals surface area contributed by atoms with Crippen molar-refractivity contribution in [1.82, 2.24) is 0 Å². The van der Waals surface area contributed by atoms with Gasteiger partial charge in [0.2, 0.25) is 0 Å². The third-order valence-corrected chi connectivity index (χ3v) is 1.82. The van der Waals surface area contributed by atoms with Crippen molar-refractivity contribution in [3.05, 3.63) is 29.3 Å². The molecule has 0 bridgehead atoms. The summed E-state index contributed by atoms with van der Waals surface area (Å²) in [6, 6.07) is 5.95. The van der Waals surface area contributed by atoms with Crippen molar-refractivity contribution in [3.8, 4) is 0 Å². The fourth-order valence-electron chi connectivity index (χ4n) is 1.09. The number of hydrogen-bond donors (Lipinski definition) is 2. The maximum atomic E-state index is 5.71. The van der Waals surface area contributed by atoms with Crippen LogP contribution in [0.5, 0.6) is 0 Å². The van der Waals surface area contributed by atoms with Gasteiger partial charge in [0.15, 0.2) is 0 Å².